The van der Waals surface area contributed by atoms with Crippen LogP contribution in [0.25, 0.3) is 0 Å². The van der Waals surface area contributed by atoms with E-state index >= 15 is 0 Å². The number of aryl methyl sites for hydroxylation is 1. The maximum Gasteiger partial charge on any atom is 0.0366 e. The molecule has 1 nitrogen and oxygen atoms in total. The molecule has 102 valence electrons. The zero-order valence-electron chi connectivity index (χ0n) is 12.4. The SMILES string of the molecule is CCN(CC(CS)C(C)(C)C)c1ccc(C)cc1. The molecule has 0 N–H and O–H groups in total. The van der Waals surface area contributed by atoms with Crippen molar-refractivity contribution in [2.75, 3.05) is 23.7 Å². The van der Waals surface area contributed by atoms with Gasteiger partial charge in [0.25, 0.3) is 0 Å². The highest BCUT2D eigenvalue weighted by Gasteiger charge is 2.25. The van der Waals surface area contributed by atoms with Crippen LogP contribution in [0.2, 0.25) is 0 Å². The Kier molecular flexibility index (Phi) is 5.58. The summed E-state index contributed by atoms with van der Waals surface area (Å²) >= 11 is 4.52. The molecule has 0 fully saturated rings. The maximum atomic E-state index is 4.52. The first-order chi connectivity index (χ1) is 8.38. The first-order valence-electron chi connectivity index (χ1n) is 6.81. The molecule has 1 aromatic rings. The van der Waals surface area contributed by atoms with Crippen LogP contribution in [0, 0.1) is 18.3 Å². The lowest BCUT2D eigenvalue weighted by Crippen LogP contribution is -2.36. The van der Waals surface area contributed by atoms with Crippen molar-refractivity contribution in [1.82, 2.24) is 0 Å². The van der Waals surface area contributed by atoms with Gasteiger partial charge < -0.3 is 4.90 Å². The Bertz CT molecular complexity index is 350. The van der Waals surface area contributed by atoms with Crippen LogP contribution >= 0.6 is 12.6 Å². The van der Waals surface area contributed by atoms with Crippen LogP contribution < -0.4 is 4.90 Å². The molecule has 1 rings (SSSR count). The summed E-state index contributed by atoms with van der Waals surface area (Å²) in [7, 11) is 0. The van der Waals surface area contributed by atoms with Crippen LogP contribution in [0.5, 0.6) is 0 Å². The van der Waals surface area contributed by atoms with Crippen molar-refractivity contribution < 1.29 is 0 Å². The molecule has 0 heterocycles. The van der Waals surface area contributed by atoms with Crippen LogP contribution in [-0.4, -0.2) is 18.8 Å². The van der Waals surface area contributed by atoms with Crippen LogP contribution in [0.15, 0.2) is 24.3 Å². The Morgan fingerprint density at radius 1 is 1.17 bits per heavy atom. The average Bonchev–Trinajstić information content (AvgIpc) is 2.30. The molecular formula is C16H27NS. The lowest BCUT2D eigenvalue weighted by atomic mass is 9.81. The molecule has 0 spiro atoms. The third kappa shape index (κ3) is 4.24. The Morgan fingerprint density at radius 3 is 2.11 bits per heavy atom. The van der Waals surface area contributed by atoms with Gasteiger partial charge in [0.05, 0.1) is 0 Å². The predicted octanol–water partition coefficient (Wildman–Crippen LogP) is 4.41. The normalized spacial score (nSPS) is 13.4. The number of hydrogen-bond donors (Lipinski definition) is 1. The molecule has 2 heteroatoms. The average molecular weight is 265 g/mol. The highest BCUT2D eigenvalue weighted by molar-refractivity contribution is 7.80. The zero-order valence-corrected chi connectivity index (χ0v) is 13.3. The number of thiol groups is 1. The molecule has 0 radical (unpaired) electrons. The molecule has 0 amide bonds. The fraction of sp³-hybridized carbons (Fsp3) is 0.625. The van der Waals surface area contributed by atoms with Gasteiger partial charge in [0.1, 0.15) is 0 Å². The minimum atomic E-state index is 0.305. The minimum absolute atomic E-state index is 0.305. The molecule has 1 atom stereocenters. The molecular weight excluding hydrogens is 238 g/mol. The summed E-state index contributed by atoms with van der Waals surface area (Å²) in [5.41, 5.74) is 2.94. The molecule has 0 aliphatic heterocycles. The van der Waals surface area contributed by atoms with Gasteiger partial charge in [-0.1, -0.05) is 38.5 Å². The zero-order chi connectivity index (χ0) is 13.8. The van der Waals surface area contributed by atoms with E-state index in [2.05, 4.69) is 76.4 Å². The van der Waals surface area contributed by atoms with E-state index in [0.717, 1.165) is 18.8 Å². The molecule has 1 unspecified atom stereocenters. The van der Waals surface area contributed by atoms with E-state index in [0.29, 0.717) is 11.3 Å². The first-order valence-corrected chi connectivity index (χ1v) is 7.44. The number of rotatable bonds is 5. The second kappa shape index (κ2) is 6.51. The van der Waals surface area contributed by atoms with Crippen molar-refractivity contribution in [2.45, 2.75) is 34.6 Å². The van der Waals surface area contributed by atoms with E-state index in [1.54, 1.807) is 0 Å². The van der Waals surface area contributed by atoms with Gasteiger partial charge in [-0.15, -0.1) is 0 Å². The quantitative estimate of drug-likeness (QED) is 0.772. The van der Waals surface area contributed by atoms with Gasteiger partial charge >= 0.3 is 0 Å². The predicted molar refractivity (Wildman–Crippen MR) is 85.9 cm³/mol. The fourth-order valence-electron chi connectivity index (χ4n) is 2.04. The maximum absolute atomic E-state index is 4.52. The Labute approximate surface area is 118 Å². The van der Waals surface area contributed by atoms with Crippen molar-refractivity contribution in [2.24, 2.45) is 11.3 Å². The van der Waals surface area contributed by atoms with Gasteiger partial charge in [0.15, 0.2) is 0 Å². The number of nitrogens with zero attached hydrogens (tertiary/aromatic N) is 1. The van der Waals surface area contributed by atoms with Crippen LogP contribution in [-0.2, 0) is 0 Å². The molecule has 0 bridgehead atoms. The van der Waals surface area contributed by atoms with E-state index in [-0.39, 0.29) is 0 Å². The van der Waals surface area contributed by atoms with Crippen molar-refractivity contribution in [3.63, 3.8) is 0 Å². The molecule has 0 aromatic heterocycles. The van der Waals surface area contributed by atoms with Gasteiger partial charge in [-0.2, -0.15) is 12.6 Å². The number of hydrogen-bond acceptors (Lipinski definition) is 2. The van der Waals surface area contributed by atoms with Crippen molar-refractivity contribution in [3.05, 3.63) is 29.8 Å². The summed E-state index contributed by atoms with van der Waals surface area (Å²) in [6, 6.07) is 8.81. The van der Waals surface area contributed by atoms with Crippen LogP contribution in [0.3, 0.4) is 0 Å². The molecule has 18 heavy (non-hydrogen) atoms. The first kappa shape index (κ1) is 15.4. The fourth-order valence-corrected chi connectivity index (χ4v) is 2.71. The second-order valence-corrected chi connectivity index (χ2v) is 6.48. The van der Waals surface area contributed by atoms with E-state index in [1.807, 2.05) is 0 Å². The van der Waals surface area contributed by atoms with Crippen molar-refractivity contribution in [1.29, 1.82) is 0 Å². The third-order valence-corrected chi connectivity index (χ3v) is 4.11. The van der Waals surface area contributed by atoms with Crippen molar-refractivity contribution in [3.8, 4) is 0 Å². The van der Waals surface area contributed by atoms with E-state index in [9.17, 15) is 0 Å². The van der Waals surface area contributed by atoms with Gasteiger partial charge in [-0.05, 0) is 43.1 Å². The highest BCUT2D eigenvalue weighted by Crippen LogP contribution is 2.29. The largest absolute Gasteiger partial charge is 0.371 e. The van der Waals surface area contributed by atoms with Gasteiger partial charge in [-0.3, -0.25) is 0 Å². The highest BCUT2D eigenvalue weighted by atomic mass is 32.1. The molecule has 0 aliphatic carbocycles. The summed E-state index contributed by atoms with van der Waals surface area (Å²) in [6.07, 6.45) is 0. The van der Waals surface area contributed by atoms with Crippen molar-refractivity contribution >= 4 is 18.3 Å². The molecule has 0 saturated carbocycles. The van der Waals surface area contributed by atoms with Crippen LogP contribution in [0.4, 0.5) is 5.69 Å². The topological polar surface area (TPSA) is 3.24 Å². The number of anilines is 1. The lowest BCUT2D eigenvalue weighted by molar-refractivity contribution is 0.270. The minimum Gasteiger partial charge on any atom is -0.371 e. The number of benzene rings is 1. The molecule has 0 saturated heterocycles. The standard InChI is InChI=1S/C16H27NS/c1-6-17(11-14(12-18)16(3,4)5)15-9-7-13(2)8-10-15/h7-10,14,18H,6,11-12H2,1-5H3. The van der Waals surface area contributed by atoms with Gasteiger partial charge in [0, 0.05) is 18.8 Å². The summed E-state index contributed by atoms with van der Waals surface area (Å²) in [6.45, 7) is 13.4. The Morgan fingerprint density at radius 2 is 1.72 bits per heavy atom. The summed E-state index contributed by atoms with van der Waals surface area (Å²) in [5.74, 6) is 1.54. The van der Waals surface area contributed by atoms with Gasteiger partial charge in [-0.25, -0.2) is 0 Å². The monoisotopic (exact) mass is 265 g/mol. The molecule has 1 aromatic carbocycles. The molecule has 0 aliphatic rings. The lowest BCUT2D eigenvalue weighted by Gasteiger charge is -2.35. The summed E-state index contributed by atoms with van der Waals surface area (Å²) < 4.78 is 0. The second-order valence-electron chi connectivity index (χ2n) is 6.12. The smallest absolute Gasteiger partial charge is 0.0366 e. The van der Waals surface area contributed by atoms with Gasteiger partial charge in [0.2, 0.25) is 0 Å². The van der Waals surface area contributed by atoms with E-state index < -0.39 is 0 Å². The Balaban J connectivity index is 2.81. The van der Waals surface area contributed by atoms with E-state index in [1.165, 1.54) is 11.3 Å². The van der Waals surface area contributed by atoms with E-state index in [4.69, 9.17) is 0 Å². The summed E-state index contributed by atoms with van der Waals surface area (Å²) in [5, 5.41) is 0. The Hall–Kier alpha value is -0.630. The third-order valence-electron chi connectivity index (χ3n) is 3.67. The summed E-state index contributed by atoms with van der Waals surface area (Å²) in [4.78, 5) is 2.45. The van der Waals surface area contributed by atoms with Crippen LogP contribution in [0.1, 0.15) is 33.3 Å².